The lowest BCUT2D eigenvalue weighted by atomic mass is 10.5. The summed E-state index contributed by atoms with van der Waals surface area (Å²) in [5, 5.41) is 8.36. The third-order valence-corrected chi connectivity index (χ3v) is 0.851. The first-order chi connectivity index (χ1) is 5.26. The Bertz CT molecular complexity index is 155. The second-order valence-electron chi connectivity index (χ2n) is 1.60. The summed E-state index contributed by atoms with van der Waals surface area (Å²) < 4.78 is 9.01. The van der Waals surface area contributed by atoms with Crippen molar-refractivity contribution >= 4 is 5.97 Å². The summed E-state index contributed by atoms with van der Waals surface area (Å²) in [6.45, 7) is 1.92. The van der Waals surface area contributed by atoms with Crippen molar-refractivity contribution in [2.24, 2.45) is 0 Å². The molecule has 0 fully saturated rings. The molecule has 0 aromatic rings. The first kappa shape index (κ1) is 9.77. The normalized spacial score (nSPS) is 10.6. The summed E-state index contributed by atoms with van der Waals surface area (Å²) in [5.74, 6) is -0.656. The van der Waals surface area contributed by atoms with Crippen molar-refractivity contribution in [3.63, 3.8) is 0 Å². The van der Waals surface area contributed by atoms with Gasteiger partial charge in [-0.1, -0.05) is 0 Å². The minimum Gasteiger partial charge on any atom is -0.502 e. The fourth-order valence-electron chi connectivity index (χ4n) is 0.447. The average molecular weight is 161 g/mol. The van der Waals surface area contributed by atoms with E-state index in [2.05, 4.69) is 9.47 Å². The van der Waals surface area contributed by atoms with Gasteiger partial charge in [-0.2, -0.15) is 0 Å². The van der Waals surface area contributed by atoms with Gasteiger partial charge in [0, 0.05) is 0 Å². The molecule has 0 amide bonds. The summed E-state index contributed by atoms with van der Waals surface area (Å²) in [5.41, 5.74) is 1.52. The van der Waals surface area contributed by atoms with E-state index in [1.807, 2.05) is 0 Å². The lowest BCUT2D eigenvalue weighted by Crippen LogP contribution is -2.19. The molecule has 0 bridgehead atoms. The second-order valence-corrected chi connectivity index (χ2v) is 1.60. The lowest BCUT2D eigenvalue weighted by Gasteiger charge is -2.03. The zero-order valence-corrected chi connectivity index (χ0v) is 6.46. The Kier molecular flexibility index (Phi) is 4.93. The van der Waals surface area contributed by atoms with Gasteiger partial charge < -0.3 is 9.47 Å². The number of nitrogens with one attached hydrogen (secondary N) is 1. The first-order valence-corrected chi connectivity index (χ1v) is 3.06. The van der Waals surface area contributed by atoms with Crippen LogP contribution in [0.1, 0.15) is 6.92 Å². The molecule has 2 N–H and O–H groups in total. The summed E-state index contributed by atoms with van der Waals surface area (Å²) in [4.78, 5) is 10.8. The van der Waals surface area contributed by atoms with E-state index in [4.69, 9.17) is 5.21 Å². The van der Waals surface area contributed by atoms with Gasteiger partial charge in [0.05, 0.1) is 13.7 Å². The Morgan fingerprint density at radius 3 is 2.73 bits per heavy atom. The maximum Gasteiger partial charge on any atom is 0.359 e. The number of hydrogen-bond donors (Lipinski definition) is 2. The molecule has 5 heteroatoms. The van der Waals surface area contributed by atoms with Crippen molar-refractivity contribution < 1.29 is 19.5 Å². The molecule has 0 radical (unpaired) electrons. The second kappa shape index (κ2) is 5.55. The smallest absolute Gasteiger partial charge is 0.359 e. The molecular formula is C6H11NO4. The third-order valence-electron chi connectivity index (χ3n) is 0.851. The van der Waals surface area contributed by atoms with Crippen LogP contribution >= 0.6 is 0 Å². The highest BCUT2D eigenvalue weighted by Gasteiger charge is 2.08. The number of carbonyl (C=O) groups excluding carboxylic acids is 1. The molecule has 0 aromatic heterocycles. The van der Waals surface area contributed by atoms with E-state index in [1.165, 1.54) is 7.11 Å². The molecule has 0 atom stereocenters. The van der Waals surface area contributed by atoms with Gasteiger partial charge in [0.25, 0.3) is 0 Å². The fourth-order valence-corrected chi connectivity index (χ4v) is 0.447. The monoisotopic (exact) mass is 161 g/mol. The molecule has 0 spiro atoms. The topological polar surface area (TPSA) is 67.8 Å². The van der Waals surface area contributed by atoms with Crippen LogP contribution in [0.4, 0.5) is 0 Å². The number of ether oxygens (including phenoxy) is 2. The number of hydroxylamine groups is 1. The molecule has 0 unspecified atom stereocenters. The summed E-state index contributed by atoms with van der Waals surface area (Å²) in [7, 11) is 1.36. The van der Waals surface area contributed by atoms with E-state index in [-0.39, 0.29) is 12.3 Å². The predicted molar refractivity (Wildman–Crippen MR) is 36.6 cm³/mol. The minimum atomic E-state index is -0.656. The van der Waals surface area contributed by atoms with E-state index in [9.17, 15) is 4.79 Å². The Balaban J connectivity index is 4.03. The van der Waals surface area contributed by atoms with Crippen LogP contribution in [0.15, 0.2) is 12.0 Å². The van der Waals surface area contributed by atoms with Crippen LogP contribution in [-0.2, 0) is 14.3 Å². The van der Waals surface area contributed by atoms with Gasteiger partial charge in [-0.05, 0) is 6.92 Å². The van der Waals surface area contributed by atoms with Crippen LogP contribution in [-0.4, -0.2) is 24.9 Å². The molecule has 5 nitrogen and oxygen atoms in total. The highest BCUT2D eigenvalue weighted by atomic mass is 16.5. The lowest BCUT2D eigenvalue weighted by molar-refractivity contribution is -0.140. The van der Waals surface area contributed by atoms with E-state index in [0.29, 0.717) is 0 Å². The number of hydrogen-bond acceptors (Lipinski definition) is 5. The molecule has 0 saturated heterocycles. The Morgan fingerprint density at radius 2 is 2.36 bits per heavy atom. The molecule has 64 valence electrons. The fraction of sp³-hybridized carbons (Fsp3) is 0.500. The van der Waals surface area contributed by atoms with Crippen molar-refractivity contribution in [3.05, 3.63) is 12.0 Å². The van der Waals surface area contributed by atoms with E-state index >= 15 is 0 Å². The molecule has 0 saturated carbocycles. The maximum atomic E-state index is 10.8. The number of methoxy groups -OCH3 is 1. The number of rotatable bonds is 4. The van der Waals surface area contributed by atoms with E-state index < -0.39 is 5.97 Å². The average Bonchev–Trinajstić information content (AvgIpc) is 2.00. The highest BCUT2D eigenvalue weighted by Crippen LogP contribution is 1.92. The first-order valence-electron chi connectivity index (χ1n) is 3.06. The Morgan fingerprint density at radius 1 is 1.73 bits per heavy atom. The van der Waals surface area contributed by atoms with Gasteiger partial charge in [0.15, 0.2) is 5.70 Å². The zero-order chi connectivity index (χ0) is 8.69. The van der Waals surface area contributed by atoms with Crippen LogP contribution in [0.5, 0.6) is 0 Å². The Hall–Kier alpha value is -1.23. The van der Waals surface area contributed by atoms with Crippen LogP contribution in [0.25, 0.3) is 0 Å². The molecule has 0 aliphatic rings. The standard InChI is InChI=1S/C6H11NO4/c1-3-11-6(8)5(7-9)4-10-2/h4,7,9H,3H2,1-2H3/b5-4-. The van der Waals surface area contributed by atoms with Crippen molar-refractivity contribution in [2.45, 2.75) is 6.92 Å². The predicted octanol–water partition coefficient (Wildman–Crippen LogP) is 0.0161. The van der Waals surface area contributed by atoms with Gasteiger partial charge in [0.2, 0.25) is 0 Å². The van der Waals surface area contributed by atoms with Crippen LogP contribution in [0.3, 0.4) is 0 Å². The summed E-state index contributed by atoms with van der Waals surface area (Å²) >= 11 is 0. The van der Waals surface area contributed by atoms with Crippen LogP contribution < -0.4 is 5.48 Å². The molecule has 0 rings (SSSR count). The van der Waals surface area contributed by atoms with E-state index in [0.717, 1.165) is 6.26 Å². The van der Waals surface area contributed by atoms with Gasteiger partial charge in [-0.3, -0.25) is 10.7 Å². The van der Waals surface area contributed by atoms with Crippen molar-refractivity contribution in [3.8, 4) is 0 Å². The molecule has 0 aromatic carbocycles. The van der Waals surface area contributed by atoms with Gasteiger partial charge in [0.1, 0.15) is 6.26 Å². The Labute approximate surface area is 64.6 Å². The molecule has 0 aliphatic heterocycles. The van der Waals surface area contributed by atoms with Crippen molar-refractivity contribution in [1.29, 1.82) is 0 Å². The highest BCUT2D eigenvalue weighted by molar-refractivity contribution is 5.87. The molecule has 0 aliphatic carbocycles. The molecular weight excluding hydrogens is 150 g/mol. The SMILES string of the molecule is CCOC(=O)/C(=C/OC)NO. The summed E-state index contributed by atoms with van der Waals surface area (Å²) in [6, 6.07) is 0. The number of esters is 1. The maximum absolute atomic E-state index is 10.8. The van der Waals surface area contributed by atoms with Crippen molar-refractivity contribution in [2.75, 3.05) is 13.7 Å². The zero-order valence-electron chi connectivity index (χ0n) is 6.46. The van der Waals surface area contributed by atoms with E-state index in [1.54, 1.807) is 12.4 Å². The largest absolute Gasteiger partial charge is 0.502 e. The quantitative estimate of drug-likeness (QED) is 0.263. The molecule has 0 heterocycles. The van der Waals surface area contributed by atoms with Gasteiger partial charge >= 0.3 is 5.97 Å². The summed E-state index contributed by atoms with van der Waals surface area (Å²) in [6.07, 6.45) is 1.05. The van der Waals surface area contributed by atoms with Crippen LogP contribution in [0, 0.1) is 0 Å². The molecule has 11 heavy (non-hydrogen) atoms. The van der Waals surface area contributed by atoms with Gasteiger partial charge in [-0.15, -0.1) is 0 Å². The third kappa shape index (κ3) is 3.47. The van der Waals surface area contributed by atoms with Gasteiger partial charge in [-0.25, -0.2) is 4.79 Å². The minimum absolute atomic E-state index is 0.130. The van der Waals surface area contributed by atoms with Crippen molar-refractivity contribution in [1.82, 2.24) is 5.48 Å². The number of carbonyl (C=O) groups is 1. The van der Waals surface area contributed by atoms with Crippen LogP contribution in [0.2, 0.25) is 0 Å².